The molecule has 1 saturated heterocycles. The highest BCUT2D eigenvalue weighted by Gasteiger charge is 2.22. The van der Waals surface area contributed by atoms with Crippen molar-refractivity contribution in [3.05, 3.63) is 59.4 Å². The molecule has 7 heteroatoms. The molecular formula is C18H21ClN4OS. The zero-order valence-electron chi connectivity index (χ0n) is 13.8. The van der Waals surface area contributed by atoms with Crippen molar-refractivity contribution >= 4 is 34.6 Å². The van der Waals surface area contributed by atoms with E-state index in [1.54, 1.807) is 6.20 Å². The molecule has 2 aromatic rings. The predicted octanol–water partition coefficient (Wildman–Crippen LogP) is 3.09. The Bertz CT molecular complexity index is 677. The zero-order chi connectivity index (χ0) is 17.5. The maximum Gasteiger partial charge on any atom is 0.170 e. The standard InChI is InChI=1S/C18H21ClN4OS/c19-15-3-5-16(6-4-15)22-18(25)21-13-17(14-2-1-7-20-12-14)23-8-10-24-11-9-23/h1-7,12,17H,8-11,13H2,(H2,21,22,25). The molecule has 1 aromatic heterocycles. The van der Waals surface area contributed by atoms with Crippen LogP contribution >= 0.6 is 23.8 Å². The number of nitrogens with one attached hydrogen (secondary N) is 2. The molecule has 5 nitrogen and oxygen atoms in total. The van der Waals surface area contributed by atoms with Crippen molar-refractivity contribution in [2.75, 3.05) is 38.2 Å². The number of morpholine rings is 1. The van der Waals surface area contributed by atoms with Crippen LogP contribution in [0.2, 0.25) is 5.02 Å². The minimum atomic E-state index is 0.197. The van der Waals surface area contributed by atoms with Crippen LogP contribution in [-0.2, 0) is 4.74 Å². The average molecular weight is 377 g/mol. The first-order valence-electron chi connectivity index (χ1n) is 8.24. The molecule has 1 aliphatic rings. The summed E-state index contributed by atoms with van der Waals surface area (Å²) in [4.78, 5) is 6.66. The summed E-state index contributed by atoms with van der Waals surface area (Å²) >= 11 is 11.3. The van der Waals surface area contributed by atoms with E-state index in [2.05, 4.69) is 26.6 Å². The topological polar surface area (TPSA) is 49.4 Å². The summed E-state index contributed by atoms with van der Waals surface area (Å²) in [5.41, 5.74) is 2.08. The third kappa shape index (κ3) is 5.37. The molecule has 0 bridgehead atoms. The van der Waals surface area contributed by atoms with Gasteiger partial charge in [0.05, 0.1) is 19.3 Å². The summed E-state index contributed by atoms with van der Waals surface area (Å²) in [6, 6.07) is 11.7. The van der Waals surface area contributed by atoms with E-state index in [1.165, 1.54) is 5.56 Å². The van der Waals surface area contributed by atoms with Gasteiger partial charge in [-0.05, 0) is 48.1 Å². The Kier molecular flexibility index (Phi) is 6.58. The predicted molar refractivity (Wildman–Crippen MR) is 105 cm³/mol. The van der Waals surface area contributed by atoms with Crippen molar-refractivity contribution in [2.45, 2.75) is 6.04 Å². The first-order valence-corrected chi connectivity index (χ1v) is 9.03. The smallest absolute Gasteiger partial charge is 0.170 e. The summed E-state index contributed by atoms with van der Waals surface area (Å²) in [7, 11) is 0. The lowest BCUT2D eigenvalue weighted by Crippen LogP contribution is -2.44. The van der Waals surface area contributed by atoms with Gasteiger partial charge in [-0.25, -0.2) is 0 Å². The lowest BCUT2D eigenvalue weighted by molar-refractivity contribution is 0.0170. The number of hydrogen-bond acceptors (Lipinski definition) is 4. The summed E-state index contributed by atoms with van der Waals surface area (Å²) in [6.07, 6.45) is 3.71. The van der Waals surface area contributed by atoms with Gasteiger partial charge in [0, 0.05) is 42.7 Å². The van der Waals surface area contributed by atoms with Crippen molar-refractivity contribution < 1.29 is 4.74 Å². The largest absolute Gasteiger partial charge is 0.379 e. The number of nitrogens with zero attached hydrogens (tertiary/aromatic N) is 2. The number of rotatable bonds is 5. The highest BCUT2D eigenvalue weighted by molar-refractivity contribution is 7.80. The van der Waals surface area contributed by atoms with Crippen LogP contribution in [0, 0.1) is 0 Å². The third-order valence-electron chi connectivity index (χ3n) is 4.11. The normalized spacial score (nSPS) is 16.2. The summed E-state index contributed by atoms with van der Waals surface area (Å²) in [5.74, 6) is 0. The van der Waals surface area contributed by atoms with Crippen LogP contribution in [0.15, 0.2) is 48.8 Å². The van der Waals surface area contributed by atoms with Crippen LogP contribution in [0.3, 0.4) is 0 Å². The fraction of sp³-hybridized carbons (Fsp3) is 0.333. The van der Waals surface area contributed by atoms with Crippen molar-refractivity contribution in [1.29, 1.82) is 0 Å². The van der Waals surface area contributed by atoms with Crippen LogP contribution in [0.25, 0.3) is 0 Å². The average Bonchev–Trinajstić information content (AvgIpc) is 2.66. The number of pyridine rings is 1. The molecule has 25 heavy (non-hydrogen) atoms. The zero-order valence-corrected chi connectivity index (χ0v) is 15.4. The fourth-order valence-corrected chi connectivity index (χ4v) is 3.15. The Morgan fingerprint density at radius 1 is 1.24 bits per heavy atom. The first kappa shape index (κ1) is 18.1. The minimum Gasteiger partial charge on any atom is -0.379 e. The van der Waals surface area contributed by atoms with E-state index in [0.717, 1.165) is 32.0 Å². The lowest BCUT2D eigenvalue weighted by atomic mass is 10.1. The van der Waals surface area contributed by atoms with Gasteiger partial charge < -0.3 is 15.4 Å². The first-order chi connectivity index (χ1) is 12.2. The van der Waals surface area contributed by atoms with Gasteiger partial charge >= 0.3 is 0 Å². The van der Waals surface area contributed by atoms with Gasteiger partial charge in [-0.15, -0.1) is 0 Å². The Hall–Kier alpha value is -1.73. The van der Waals surface area contributed by atoms with Crippen LogP contribution in [-0.4, -0.2) is 47.8 Å². The van der Waals surface area contributed by atoms with Crippen LogP contribution in [0.1, 0.15) is 11.6 Å². The fourth-order valence-electron chi connectivity index (χ4n) is 2.82. The number of anilines is 1. The third-order valence-corrected chi connectivity index (χ3v) is 4.61. The summed E-state index contributed by atoms with van der Waals surface area (Å²) in [5, 5.41) is 7.79. The van der Waals surface area contributed by atoms with Gasteiger partial charge in [-0.3, -0.25) is 9.88 Å². The molecule has 1 atom stereocenters. The maximum atomic E-state index is 5.91. The van der Waals surface area contributed by atoms with Gasteiger partial charge in [0.1, 0.15) is 0 Å². The molecule has 1 aromatic carbocycles. The van der Waals surface area contributed by atoms with E-state index >= 15 is 0 Å². The Morgan fingerprint density at radius 3 is 2.68 bits per heavy atom. The second kappa shape index (κ2) is 9.10. The molecule has 0 spiro atoms. The van der Waals surface area contributed by atoms with Gasteiger partial charge in [-0.1, -0.05) is 17.7 Å². The molecule has 0 amide bonds. The number of hydrogen-bond donors (Lipinski definition) is 2. The number of benzene rings is 1. The minimum absolute atomic E-state index is 0.197. The molecule has 1 aliphatic heterocycles. The van der Waals surface area contributed by atoms with Crippen LogP contribution in [0.4, 0.5) is 5.69 Å². The van der Waals surface area contributed by atoms with Crippen molar-refractivity contribution in [2.24, 2.45) is 0 Å². The number of ether oxygens (including phenoxy) is 1. The van der Waals surface area contributed by atoms with Gasteiger partial charge in [-0.2, -0.15) is 0 Å². The number of thiocarbonyl (C=S) groups is 1. The van der Waals surface area contributed by atoms with Gasteiger partial charge in [0.15, 0.2) is 5.11 Å². The van der Waals surface area contributed by atoms with E-state index in [1.807, 2.05) is 36.5 Å². The monoisotopic (exact) mass is 376 g/mol. The second-order valence-electron chi connectivity index (χ2n) is 5.79. The molecule has 3 rings (SSSR count). The van der Waals surface area contributed by atoms with E-state index < -0.39 is 0 Å². The molecule has 0 saturated carbocycles. The second-order valence-corrected chi connectivity index (χ2v) is 6.64. The van der Waals surface area contributed by atoms with Crippen molar-refractivity contribution in [3.63, 3.8) is 0 Å². The molecule has 2 heterocycles. The number of halogens is 1. The maximum absolute atomic E-state index is 5.91. The lowest BCUT2D eigenvalue weighted by Gasteiger charge is -2.35. The highest BCUT2D eigenvalue weighted by Crippen LogP contribution is 2.20. The SMILES string of the molecule is S=C(NCC(c1cccnc1)N1CCOCC1)Nc1ccc(Cl)cc1. The highest BCUT2D eigenvalue weighted by atomic mass is 35.5. The quantitative estimate of drug-likeness (QED) is 0.782. The Balaban J connectivity index is 1.61. The number of aromatic nitrogens is 1. The Morgan fingerprint density at radius 2 is 2.00 bits per heavy atom. The van der Waals surface area contributed by atoms with E-state index in [9.17, 15) is 0 Å². The van der Waals surface area contributed by atoms with Crippen LogP contribution in [0.5, 0.6) is 0 Å². The van der Waals surface area contributed by atoms with Gasteiger partial charge in [0.25, 0.3) is 0 Å². The van der Waals surface area contributed by atoms with Gasteiger partial charge in [0.2, 0.25) is 0 Å². The van der Waals surface area contributed by atoms with Crippen molar-refractivity contribution in [1.82, 2.24) is 15.2 Å². The summed E-state index contributed by atoms with van der Waals surface area (Å²) < 4.78 is 5.47. The van der Waals surface area contributed by atoms with E-state index in [4.69, 9.17) is 28.6 Å². The molecule has 1 unspecified atom stereocenters. The molecular weight excluding hydrogens is 356 g/mol. The van der Waals surface area contributed by atoms with E-state index in [0.29, 0.717) is 16.7 Å². The summed E-state index contributed by atoms with van der Waals surface area (Å²) in [6.45, 7) is 4.01. The Labute approximate surface area is 158 Å². The molecule has 1 fully saturated rings. The van der Waals surface area contributed by atoms with E-state index in [-0.39, 0.29) is 6.04 Å². The molecule has 132 valence electrons. The molecule has 0 aliphatic carbocycles. The van der Waals surface area contributed by atoms with Crippen molar-refractivity contribution in [3.8, 4) is 0 Å². The molecule has 2 N–H and O–H groups in total. The molecule has 0 radical (unpaired) electrons. The van der Waals surface area contributed by atoms with Crippen LogP contribution < -0.4 is 10.6 Å².